The van der Waals surface area contributed by atoms with Crippen LogP contribution in [0.25, 0.3) is 0 Å². The minimum absolute atomic E-state index is 0.00463. The lowest BCUT2D eigenvalue weighted by molar-refractivity contribution is -0.174. The molecule has 0 aromatic rings. The van der Waals surface area contributed by atoms with Gasteiger partial charge in [0, 0.05) is 12.8 Å². The number of fused-ring (bicyclic) bond motifs is 1. The second kappa shape index (κ2) is 4.20. The molecule has 0 bridgehead atoms. The molecular formula is C13H17NO5. The number of nitriles is 1. The summed E-state index contributed by atoms with van der Waals surface area (Å²) in [6.07, 6.45) is 0.135. The standard InChI is InChI=1S/C13H17NO5/c1-4-17-9(15)12(10(16)18-5-2)6-11(3)13(7-12,8-14)19-11/h4-7H2,1-3H3/t11-,13-/m1/s1. The summed E-state index contributed by atoms with van der Waals surface area (Å²) >= 11 is 0. The highest BCUT2D eigenvalue weighted by Gasteiger charge is 2.81. The Hall–Kier alpha value is -1.61. The lowest BCUT2D eigenvalue weighted by atomic mass is 9.83. The average Bonchev–Trinajstić information content (AvgIpc) is 2.84. The first-order chi connectivity index (χ1) is 8.89. The van der Waals surface area contributed by atoms with Gasteiger partial charge in [-0.1, -0.05) is 0 Å². The molecule has 6 nitrogen and oxygen atoms in total. The minimum Gasteiger partial charge on any atom is -0.465 e. The van der Waals surface area contributed by atoms with Crippen LogP contribution in [0.2, 0.25) is 0 Å². The molecule has 1 aliphatic carbocycles. The van der Waals surface area contributed by atoms with Crippen molar-refractivity contribution in [1.29, 1.82) is 5.26 Å². The van der Waals surface area contributed by atoms with Gasteiger partial charge in [0.05, 0.1) is 13.2 Å². The number of esters is 2. The molecule has 2 fully saturated rings. The Balaban J connectivity index is 2.32. The Morgan fingerprint density at radius 2 is 1.74 bits per heavy atom. The van der Waals surface area contributed by atoms with Crippen LogP contribution >= 0.6 is 0 Å². The molecule has 0 unspecified atom stereocenters. The number of hydrogen-bond donors (Lipinski definition) is 0. The van der Waals surface area contributed by atoms with E-state index in [-0.39, 0.29) is 26.1 Å². The molecule has 0 aromatic heterocycles. The van der Waals surface area contributed by atoms with Crippen molar-refractivity contribution >= 4 is 11.9 Å². The zero-order chi connectivity index (χ0) is 14.3. The van der Waals surface area contributed by atoms with E-state index in [1.807, 2.05) is 0 Å². The Morgan fingerprint density at radius 3 is 2.11 bits per heavy atom. The van der Waals surface area contributed by atoms with E-state index in [9.17, 15) is 14.9 Å². The predicted molar refractivity (Wildman–Crippen MR) is 62.8 cm³/mol. The molecule has 2 aliphatic rings. The molecule has 1 heterocycles. The highest BCUT2D eigenvalue weighted by atomic mass is 16.6. The molecule has 6 heteroatoms. The lowest BCUT2D eigenvalue weighted by Gasteiger charge is -2.26. The molecule has 1 aliphatic heterocycles. The Morgan fingerprint density at radius 1 is 1.21 bits per heavy atom. The van der Waals surface area contributed by atoms with Gasteiger partial charge in [0.15, 0.2) is 11.0 Å². The first-order valence-electron chi connectivity index (χ1n) is 6.35. The van der Waals surface area contributed by atoms with E-state index in [1.54, 1.807) is 20.8 Å². The lowest BCUT2D eigenvalue weighted by Crippen LogP contribution is -2.42. The largest absolute Gasteiger partial charge is 0.465 e. The van der Waals surface area contributed by atoms with Crippen LogP contribution in [0.1, 0.15) is 33.6 Å². The van der Waals surface area contributed by atoms with E-state index in [1.165, 1.54) is 0 Å². The van der Waals surface area contributed by atoms with Gasteiger partial charge in [-0.15, -0.1) is 0 Å². The fourth-order valence-electron chi connectivity index (χ4n) is 2.92. The monoisotopic (exact) mass is 267 g/mol. The summed E-state index contributed by atoms with van der Waals surface area (Å²) in [5.41, 5.74) is -3.23. The average molecular weight is 267 g/mol. The molecule has 0 aromatic carbocycles. The van der Waals surface area contributed by atoms with Gasteiger partial charge in [-0.05, 0) is 20.8 Å². The van der Waals surface area contributed by atoms with Gasteiger partial charge in [-0.2, -0.15) is 5.26 Å². The van der Waals surface area contributed by atoms with Crippen molar-refractivity contribution in [2.45, 2.75) is 44.8 Å². The minimum atomic E-state index is -1.41. The molecule has 0 radical (unpaired) electrons. The molecule has 104 valence electrons. The molecule has 0 spiro atoms. The van der Waals surface area contributed by atoms with Crippen molar-refractivity contribution in [2.75, 3.05) is 13.2 Å². The summed E-state index contributed by atoms with van der Waals surface area (Å²) in [6, 6.07) is 2.07. The molecular weight excluding hydrogens is 250 g/mol. The Labute approximate surface area is 111 Å². The third kappa shape index (κ3) is 1.72. The first kappa shape index (κ1) is 13.8. The van der Waals surface area contributed by atoms with Crippen LogP contribution in [-0.4, -0.2) is 36.4 Å². The summed E-state index contributed by atoms with van der Waals surface area (Å²) in [5.74, 6) is -1.25. The smallest absolute Gasteiger partial charge is 0.323 e. The van der Waals surface area contributed by atoms with Crippen molar-refractivity contribution < 1.29 is 23.8 Å². The van der Waals surface area contributed by atoms with Gasteiger partial charge in [-0.25, -0.2) is 0 Å². The van der Waals surface area contributed by atoms with Crippen LogP contribution < -0.4 is 0 Å². The number of nitrogens with zero attached hydrogens (tertiary/aromatic N) is 1. The Kier molecular flexibility index (Phi) is 3.06. The second-order valence-corrected chi connectivity index (χ2v) is 5.15. The van der Waals surface area contributed by atoms with E-state index in [4.69, 9.17) is 14.2 Å². The molecule has 0 amide bonds. The Bertz CT molecular complexity index is 450. The van der Waals surface area contributed by atoms with Crippen LogP contribution in [-0.2, 0) is 23.8 Å². The van der Waals surface area contributed by atoms with Gasteiger partial charge in [0.1, 0.15) is 11.7 Å². The van der Waals surface area contributed by atoms with Crippen LogP contribution in [0.5, 0.6) is 0 Å². The van der Waals surface area contributed by atoms with Gasteiger partial charge in [-0.3, -0.25) is 9.59 Å². The number of epoxide rings is 1. The van der Waals surface area contributed by atoms with Crippen LogP contribution in [0, 0.1) is 16.7 Å². The first-order valence-corrected chi connectivity index (χ1v) is 6.35. The number of ether oxygens (including phenoxy) is 3. The van der Waals surface area contributed by atoms with Gasteiger partial charge in [0.2, 0.25) is 0 Å². The maximum Gasteiger partial charge on any atom is 0.323 e. The molecule has 1 saturated heterocycles. The summed E-state index contributed by atoms with van der Waals surface area (Å²) in [6.45, 7) is 5.43. The summed E-state index contributed by atoms with van der Waals surface area (Å²) < 4.78 is 15.4. The van der Waals surface area contributed by atoms with E-state index in [0.717, 1.165) is 0 Å². The molecule has 19 heavy (non-hydrogen) atoms. The van der Waals surface area contributed by atoms with Gasteiger partial charge >= 0.3 is 11.9 Å². The number of hydrogen-bond acceptors (Lipinski definition) is 6. The number of rotatable bonds is 4. The second-order valence-electron chi connectivity index (χ2n) is 5.15. The van der Waals surface area contributed by atoms with E-state index < -0.39 is 28.6 Å². The third-order valence-electron chi connectivity index (χ3n) is 3.91. The molecule has 2 rings (SSSR count). The highest BCUT2D eigenvalue weighted by molar-refractivity contribution is 6.01. The van der Waals surface area contributed by atoms with Crippen molar-refractivity contribution in [3.05, 3.63) is 0 Å². The normalized spacial score (nSPS) is 34.0. The summed E-state index contributed by atoms with van der Waals surface area (Å²) in [7, 11) is 0. The van der Waals surface area contributed by atoms with Crippen LogP contribution in [0.3, 0.4) is 0 Å². The van der Waals surface area contributed by atoms with E-state index in [2.05, 4.69) is 6.07 Å². The van der Waals surface area contributed by atoms with Crippen LogP contribution in [0.4, 0.5) is 0 Å². The van der Waals surface area contributed by atoms with Crippen molar-refractivity contribution in [3.63, 3.8) is 0 Å². The number of carbonyl (C=O) groups is 2. The zero-order valence-electron chi connectivity index (χ0n) is 11.3. The number of carbonyl (C=O) groups excluding carboxylic acids is 2. The molecule has 0 N–H and O–H groups in total. The fraction of sp³-hybridized carbons (Fsp3) is 0.769. The van der Waals surface area contributed by atoms with Gasteiger partial charge < -0.3 is 14.2 Å². The van der Waals surface area contributed by atoms with Crippen molar-refractivity contribution in [2.24, 2.45) is 5.41 Å². The summed E-state index contributed by atoms with van der Waals surface area (Å²) in [4.78, 5) is 24.3. The quantitative estimate of drug-likeness (QED) is 0.428. The SMILES string of the molecule is CCOC(=O)C1(C(=O)OCC)C[C@@]2(C)O[C@@]2(C#N)C1. The maximum atomic E-state index is 12.2. The van der Waals surface area contributed by atoms with Crippen molar-refractivity contribution in [1.82, 2.24) is 0 Å². The third-order valence-corrected chi connectivity index (χ3v) is 3.91. The predicted octanol–water partition coefficient (Wildman–Crippen LogP) is 0.944. The van der Waals surface area contributed by atoms with E-state index in [0.29, 0.717) is 0 Å². The maximum absolute atomic E-state index is 12.2. The fourth-order valence-corrected chi connectivity index (χ4v) is 2.92. The van der Waals surface area contributed by atoms with Gasteiger partial charge in [0.25, 0.3) is 0 Å². The zero-order valence-corrected chi connectivity index (χ0v) is 11.3. The molecule has 2 atom stereocenters. The van der Waals surface area contributed by atoms with Crippen molar-refractivity contribution in [3.8, 4) is 6.07 Å². The van der Waals surface area contributed by atoms with E-state index >= 15 is 0 Å². The summed E-state index contributed by atoms with van der Waals surface area (Å²) in [5, 5.41) is 9.21. The van der Waals surface area contributed by atoms with Crippen LogP contribution in [0.15, 0.2) is 0 Å². The topological polar surface area (TPSA) is 88.9 Å². The molecule has 1 saturated carbocycles. The highest BCUT2D eigenvalue weighted by Crippen LogP contribution is 2.66.